The van der Waals surface area contributed by atoms with Gasteiger partial charge < -0.3 is 15.4 Å². The number of amides is 2. The van der Waals surface area contributed by atoms with Crippen LogP contribution in [-0.4, -0.2) is 42.3 Å². The first kappa shape index (κ1) is 16.3. The lowest BCUT2D eigenvalue weighted by Gasteiger charge is -2.27. The second-order valence-corrected chi connectivity index (χ2v) is 5.57. The third kappa shape index (κ3) is 6.29. The molecule has 0 aromatic carbocycles. The summed E-state index contributed by atoms with van der Waals surface area (Å²) in [4.78, 5) is 22.8. The van der Waals surface area contributed by atoms with Crippen molar-refractivity contribution in [3.05, 3.63) is 0 Å². The number of nitrogens with zero attached hydrogens (tertiary/aromatic N) is 1. The average Bonchev–Trinajstić information content (AvgIpc) is 2.45. The van der Waals surface area contributed by atoms with Crippen molar-refractivity contribution in [3.8, 4) is 0 Å². The summed E-state index contributed by atoms with van der Waals surface area (Å²) in [6.07, 6.45) is 6.48. The molecular formula is C13H25N3O2S. The molecule has 2 N–H and O–H groups in total. The molecule has 1 aliphatic rings. The van der Waals surface area contributed by atoms with Crippen molar-refractivity contribution in [3.63, 3.8) is 0 Å². The minimum absolute atomic E-state index is 0.263. The third-order valence-corrected chi connectivity index (χ3v) is 4.11. The Morgan fingerprint density at radius 2 is 2.11 bits per heavy atom. The van der Waals surface area contributed by atoms with Crippen molar-refractivity contribution in [1.29, 1.82) is 0 Å². The predicted octanol–water partition coefficient (Wildman–Crippen LogP) is 1.60. The number of rotatable bonds is 7. The van der Waals surface area contributed by atoms with E-state index in [0.29, 0.717) is 19.0 Å². The fourth-order valence-corrected chi connectivity index (χ4v) is 2.52. The maximum absolute atomic E-state index is 11.7. The first-order valence-corrected chi connectivity index (χ1v) is 7.50. The van der Waals surface area contributed by atoms with Crippen molar-refractivity contribution < 1.29 is 9.59 Å². The monoisotopic (exact) mass is 287 g/mol. The SMILES string of the molecule is CCN(S)CCNC(=O)NC(C=O)C1CCCCC1. The van der Waals surface area contributed by atoms with Gasteiger partial charge in [-0.15, -0.1) is 0 Å². The number of carbonyl (C=O) groups is 2. The van der Waals surface area contributed by atoms with E-state index in [-0.39, 0.29) is 12.1 Å². The zero-order chi connectivity index (χ0) is 14.1. The Kier molecular flexibility index (Phi) is 7.90. The summed E-state index contributed by atoms with van der Waals surface area (Å²) >= 11 is 4.21. The normalized spacial score (nSPS) is 18.1. The van der Waals surface area contributed by atoms with E-state index < -0.39 is 0 Å². The number of carbonyl (C=O) groups excluding carboxylic acids is 2. The Morgan fingerprint density at radius 1 is 1.42 bits per heavy atom. The molecule has 19 heavy (non-hydrogen) atoms. The van der Waals surface area contributed by atoms with Crippen LogP contribution in [0.5, 0.6) is 0 Å². The van der Waals surface area contributed by atoms with E-state index in [1.807, 2.05) is 11.2 Å². The number of nitrogens with one attached hydrogen (secondary N) is 2. The van der Waals surface area contributed by atoms with Gasteiger partial charge in [0, 0.05) is 19.6 Å². The van der Waals surface area contributed by atoms with Gasteiger partial charge in [0.2, 0.25) is 0 Å². The van der Waals surface area contributed by atoms with Gasteiger partial charge >= 0.3 is 6.03 Å². The summed E-state index contributed by atoms with van der Waals surface area (Å²) in [5, 5.41) is 5.52. The topological polar surface area (TPSA) is 61.4 Å². The van der Waals surface area contributed by atoms with Gasteiger partial charge in [0.05, 0.1) is 6.04 Å². The molecule has 0 spiro atoms. The zero-order valence-electron chi connectivity index (χ0n) is 11.6. The van der Waals surface area contributed by atoms with Crippen LogP contribution in [-0.2, 0) is 4.79 Å². The van der Waals surface area contributed by atoms with Gasteiger partial charge in [-0.2, -0.15) is 0 Å². The van der Waals surface area contributed by atoms with Gasteiger partial charge in [-0.05, 0) is 18.8 Å². The van der Waals surface area contributed by atoms with Gasteiger partial charge in [0.25, 0.3) is 0 Å². The largest absolute Gasteiger partial charge is 0.337 e. The fourth-order valence-electron chi connectivity index (χ4n) is 2.42. The van der Waals surface area contributed by atoms with Gasteiger partial charge in [0.1, 0.15) is 6.29 Å². The lowest BCUT2D eigenvalue weighted by molar-refractivity contribution is -0.110. The van der Waals surface area contributed by atoms with Gasteiger partial charge in [-0.25, -0.2) is 4.79 Å². The van der Waals surface area contributed by atoms with Crippen LogP contribution < -0.4 is 10.6 Å². The first-order chi connectivity index (χ1) is 9.17. The Bertz CT molecular complexity index is 283. The van der Waals surface area contributed by atoms with E-state index in [9.17, 15) is 9.59 Å². The molecule has 0 bridgehead atoms. The molecule has 5 nitrogen and oxygen atoms in total. The van der Waals surface area contributed by atoms with E-state index in [0.717, 1.165) is 38.5 Å². The van der Waals surface area contributed by atoms with Crippen molar-refractivity contribution >= 4 is 25.1 Å². The molecule has 1 unspecified atom stereocenters. The van der Waals surface area contributed by atoms with E-state index in [1.165, 1.54) is 6.42 Å². The van der Waals surface area contributed by atoms with Crippen LogP contribution in [0.25, 0.3) is 0 Å². The number of urea groups is 1. The Hall–Kier alpha value is -0.750. The quantitative estimate of drug-likeness (QED) is 0.492. The maximum atomic E-state index is 11.7. The number of thiol groups is 1. The maximum Gasteiger partial charge on any atom is 0.315 e. The van der Waals surface area contributed by atoms with E-state index in [1.54, 1.807) is 0 Å². The van der Waals surface area contributed by atoms with Crippen LogP contribution in [0.3, 0.4) is 0 Å². The smallest absolute Gasteiger partial charge is 0.315 e. The molecule has 0 radical (unpaired) electrons. The second kappa shape index (κ2) is 9.20. The summed E-state index contributed by atoms with van der Waals surface area (Å²) in [5.41, 5.74) is 0. The second-order valence-electron chi connectivity index (χ2n) is 5.01. The van der Waals surface area contributed by atoms with Gasteiger partial charge in [0.15, 0.2) is 0 Å². The Labute approximate surface area is 121 Å². The molecule has 0 aromatic rings. The molecule has 1 rings (SSSR count). The van der Waals surface area contributed by atoms with Crippen LogP contribution in [0.15, 0.2) is 0 Å². The first-order valence-electron chi connectivity index (χ1n) is 7.10. The highest BCUT2D eigenvalue weighted by Crippen LogP contribution is 2.25. The third-order valence-electron chi connectivity index (χ3n) is 3.62. The van der Waals surface area contributed by atoms with Crippen molar-refractivity contribution in [2.45, 2.75) is 45.1 Å². The van der Waals surface area contributed by atoms with E-state index in [2.05, 4.69) is 23.4 Å². The minimum Gasteiger partial charge on any atom is -0.337 e. The molecule has 1 aliphatic carbocycles. The highest BCUT2D eigenvalue weighted by Gasteiger charge is 2.24. The fraction of sp³-hybridized carbons (Fsp3) is 0.846. The number of likely N-dealkylation sites (N-methyl/N-ethyl adjacent to an activating group) is 1. The molecule has 0 saturated heterocycles. The van der Waals surface area contributed by atoms with Crippen molar-refractivity contribution in [2.75, 3.05) is 19.6 Å². The Morgan fingerprint density at radius 3 is 2.68 bits per heavy atom. The van der Waals surface area contributed by atoms with Gasteiger partial charge in [-0.3, -0.25) is 4.31 Å². The molecule has 110 valence electrons. The minimum atomic E-state index is -0.349. The summed E-state index contributed by atoms with van der Waals surface area (Å²) in [6.45, 7) is 4.03. The number of hydrogen-bond donors (Lipinski definition) is 3. The highest BCUT2D eigenvalue weighted by atomic mass is 32.1. The van der Waals surface area contributed by atoms with Crippen LogP contribution in [0, 0.1) is 5.92 Å². The molecule has 6 heteroatoms. The molecular weight excluding hydrogens is 262 g/mol. The molecule has 0 aliphatic heterocycles. The van der Waals surface area contributed by atoms with E-state index >= 15 is 0 Å². The molecule has 1 atom stereocenters. The van der Waals surface area contributed by atoms with Crippen molar-refractivity contribution in [1.82, 2.24) is 14.9 Å². The summed E-state index contributed by atoms with van der Waals surface area (Å²) in [7, 11) is 0. The van der Waals surface area contributed by atoms with Crippen LogP contribution in [0.4, 0.5) is 4.79 Å². The van der Waals surface area contributed by atoms with Crippen LogP contribution in [0.2, 0.25) is 0 Å². The Balaban J connectivity index is 2.26. The number of aldehydes is 1. The molecule has 1 saturated carbocycles. The molecule has 1 fully saturated rings. The molecule has 2 amide bonds. The van der Waals surface area contributed by atoms with Crippen molar-refractivity contribution in [2.24, 2.45) is 5.92 Å². The lowest BCUT2D eigenvalue weighted by atomic mass is 9.84. The predicted molar refractivity (Wildman–Crippen MR) is 79.2 cm³/mol. The van der Waals surface area contributed by atoms with Crippen LogP contribution in [0.1, 0.15) is 39.0 Å². The standard InChI is InChI=1S/C13H25N3O2S/c1-2-16(19)9-8-14-13(18)15-12(10-17)11-6-4-3-5-7-11/h10-12,19H,2-9H2,1H3,(H2,14,15,18). The summed E-state index contributed by atoms with van der Waals surface area (Å²) in [5.74, 6) is 0.300. The lowest BCUT2D eigenvalue weighted by Crippen LogP contribution is -2.48. The zero-order valence-corrected chi connectivity index (χ0v) is 12.5. The van der Waals surface area contributed by atoms with Crippen LogP contribution >= 0.6 is 12.8 Å². The summed E-state index contributed by atoms with van der Waals surface area (Å²) < 4.78 is 1.82. The summed E-state index contributed by atoms with van der Waals surface area (Å²) in [6, 6.07) is -0.612. The van der Waals surface area contributed by atoms with Gasteiger partial charge in [-0.1, -0.05) is 39.0 Å². The van der Waals surface area contributed by atoms with E-state index in [4.69, 9.17) is 0 Å². The molecule has 0 heterocycles. The number of hydrogen-bond acceptors (Lipinski definition) is 4. The average molecular weight is 287 g/mol. The molecule has 0 aromatic heterocycles. The highest BCUT2D eigenvalue weighted by molar-refractivity contribution is 7.77.